The summed E-state index contributed by atoms with van der Waals surface area (Å²) >= 11 is 6.52. The fourth-order valence-corrected chi connectivity index (χ4v) is 3.18. The number of nitrogens with zero attached hydrogens (tertiary/aromatic N) is 2. The predicted molar refractivity (Wildman–Crippen MR) is 109 cm³/mol. The van der Waals surface area contributed by atoms with E-state index < -0.39 is 11.9 Å². The molecule has 0 unspecified atom stereocenters. The summed E-state index contributed by atoms with van der Waals surface area (Å²) in [6.45, 7) is 4.09. The Labute approximate surface area is 172 Å². The lowest BCUT2D eigenvalue weighted by Gasteiger charge is -2.08. The molecule has 3 rings (SSSR count). The van der Waals surface area contributed by atoms with Gasteiger partial charge in [0.05, 0.1) is 23.4 Å². The van der Waals surface area contributed by atoms with Gasteiger partial charge < -0.3 is 4.74 Å². The molecule has 0 aliphatic rings. The van der Waals surface area contributed by atoms with E-state index in [2.05, 4.69) is 16.5 Å². The monoisotopic (exact) mass is 411 g/mol. The van der Waals surface area contributed by atoms with Crippen LogP contribution in [0.15, 0.2) is 61.2 Å². The molecule has 2 aromatic carbocycles. The molecule has 0 spiro atoms. The van der Waals surface area contributed by atoms with Crippen LogP contribution in [0.2, 0.25) is 5.02 Å². The van der Waals surface area contributed by atoms with Gasteiger partial charge in [0.25, 0.3) is 0 Å². The third-order valence-electron chi connectivity index (χ3n) is 4.13. The van der Waals surface area contributed by atoms with Crippen LogP contribution in [0.5, 0.6) is 5.75 Å². The molecular weight excluding hydrogens is 394 g/mol. The van der Waals surface area contributed by atoms with Crippen LogP contribution >= 0.6 is 11.6 Å². The average molecular weight is 412 g/mol. The van der Waals surface area contributed by atoms with E-state index in [1.165, 1.54) is 23.9 Å². The zero-order valence-electron chi connectivity index (χ0n) is 15.8. The highest BCUT2D eigenvalue weighted by molar-refractivity contribution is 6.36. The number of hydrogen-bond acceptors (Lipinski definition) is 5. The maximum atomic E-state index is 13.1. The van der Waals surface area contributed by atoms with Crippen molar-refractivity contribution in [3.63, 3.8) is 0 Å². The van der Waals surface area contributed by atoms with Crippen molar-refractivity contribution in [2.24, 2.45) is 7.05 Å². The first-order chi connectivity index (χ1) is 13.9. The molecule has 1 heterocycles. The van der Waals surface area contributed by atoms with E-state index in [9.17, 15) is 9.59 Å². The number of para-hydroxylation sites is 1. The normalized spacial score (nSPS) is 10.4. The number of carbonyl (C=O) groups excluding carboxylic acids is 2. The first kappa shape index (κ1) is 20.3. The van der Waals surface area contributed by atoms with Gasteiger partial charge >= 0.3 is 6.09 Å². The molecule has 0 aliphatic carbocycles. The van der Waals surface area contributed by atoms with Crippen LogP contribution in [0, 0.1) is 0 Å². The van der Waals surface area contributed by atoms with Gasteiger partial charge in [-0.25, -0.2) is 4.79 Å². The van der Waals surface area contributed by atoms with E-state index in [0.717, 1.165) is 5.56 Å². The fourth-order valence-electron chi connectivity index (χ4n) is 2.82. The van der Waals surface area contributed by atoms with Crippen molar-refractivity contribution >= 4 is 29.1 Å². The van der Waals surface area contributed by atoms with Crippen molar-refractivity contribution in [2.75, 3.05) is 7.11 Å². The van der Waals surface area contributed by atoms with Gasteiger partial charge in [0.2, 0.25) is 5.78 Å². The minimum Gasteiger partial charge on any atom is -0.408 e. The molecule has 1 amide bonds. The molecule has 0 aliphatic heterocycles. The number of rotatable bonds is 6. The number of ether oxygens (including phenoxy) is 1. The van der Waals surface area contributed by atoms with Gasteiger partial charge in [0.15, 0.2) is 5.69 Å². The zero-order chi connectivity index (χ0) is 21.0. The number of halogens is 1. The number of benzene rings is 2. The predicted octanol–water partition coefficient (Wildman–Crippen LogP) is 4.02. The van der Waals surface area contributed by atoms with Crippen LogP contribution < -0.4 is 10.2 Å². The number of hydrogen-bond donors (Lipinski definition) is 1. The second kappa shape index (κ2) is 8.72. The lowest BCUT2D eigenvalue weighted by molar-refractivity contribution is 0.0841. The summed E-state index contributed by atoms with van der Waals surface area (Å²) < 4.78 is 6.64. The minimum atomic E-state index is -0.863. The number of hydroxylamine groups is 1. The van der Waals surface area contributed by atoms with Crippen molar-refractivity contribution in [1.82, 2.24) is 15.3 Å². The minimum absolute atomic E-state index is 0.0319. The number of nitrogens with one attached hydrogen (secondary N) is 1. The molecule has 0 saturated heterocycles. The van der Waals surface area contributed by atoms with Crippen LogP contribution in [0.4, 0.5) is 4.79 Å². The van der Waals surface area contributed by atoms with Crippen molar-refractivity contribution in [2.45, 2.75) is 0 Å². The van der Waals surface area contributed by atoms with Gasteiger partial charge in [-0.15, -0.1) is 0 Å². The quantitative estimate of drug-likeness (QED) is 0.489. The summed E-state index contributed by atoms with van der Waals surface area (Å²) in [5.74, 6) is -0.435. The summed E-state index contributed by atoms with van der Waals surface area (Å²) in [7, 11) is 2.95. The fraction of sp³-hybridized carbons (Fsp3) is 0.0952. The molecule has 8 heteroatoms. The Hall–Kier alpha value is -3.42. The number of aryl methyl sites for hydroxylation is 1. The van der Waals surface area contributed by atoms with Crippen LogP contribution in [0.25, 0.3) is 5.57 Å². The van der Waals surface area contributed by atoms with E-state index in [0.29, 0.717) is 11.3 Å². The molecule has 148 valence electrons. The van der Waals surface area contributed by atoms with Crippen molar-refractivity contribution in [3.05, 3.63) is 88.7 Å². The van der Waals surface area contributed by atoms with Gasteiger partial charge in [0.1, 0.15) is 5.75 Å². The molecular formula is C21H18ClN3O4. The summed E-state index contributed by atoms with van der Waals surface area (Å²) in [6, 6.07) is 15.7. The van der Waals surface area contributed by atoms with Crippen molar-refractivity contribution in [3.8, 4) is 5.75 Å². The first-order valence-electron chi connectivity index (χ1n) is 8.55. The van der Waals surface area contributed by atoms with Crippen molar-refractivity contribution in [1.29, 1.82) is 0 Å². The zero-order valence-corrected chi connectivity index (χ0v) is 16.6. The Morgan fingerprint density at radius 3 is 2.45 bits per heavy atom. The van der Waals surface area contributed by atoms with Gasteiger partial charge in [0, 0.05) is 12.6 Å². The second-order valence-electron chi connectivity index (χ2n) is 6.00. The molecule has 0 bridgehead atoms. The number of carbonyl (C=O) groups is 2. The number of aromatic nitrogens is 2. The third kappa shape index (κ3) is 4.21. The lowest BCUT2D eigenvalue weighted by Crippen LogP contribution is -2.26. The smallest absolute Gasteiger partial charge is 0.408 e. The lowest BCUT2D eigenvalue weighted by atomic mass is 10.0. The highest BCUT2D eigenvalue weighted by atomic mass is 35.5. The maximum Gasteiger partial charge on any atom is 0.436 e. The Balaban J connectivity index is 1.98. The molecule has 3 aromatic rings. The topological polar surface area (TPSA) is 82.5 Å². The van der Waals surface area contributed by atoms with E-state index in [1.54, 1.807) is 19.2 Å². The summed E-state index contributed by atoms with van der Waals surface area (Å²) in [6.07, 6.45) is -0.863. The van der Waals surface area contributed by atoms with Gasteiger partial charge in [-0.05, 0) is 17.7 Å². The van der Waals surface area contributed by atoms with Crippen LogP contribution in [0.3, 0.4) is 0 Å². The molecule has 0 radical (unpaired) electrons. The Bertz CT molecular complexity index is 1080. The Kier molecular flexibility index (Phi) is 6.11. The SMILES string of the molecule is C=C(c1ccccc1)c1c(Cl)c(C(=O)c2ccccc2OC(=O)NOC)nn1C. The average Bonchev–Trinajstić information content (AvgIpc) is 3.02. The summed E-state index contributed by atoms with van der Waals surface area (Å²) in [5, 5.41) is 4.45. The van der Waals surface area contributed by atoms with E-state index in [1.807, 2.05) is 35.8 Å². The summed E-state index contributed by atoms with van der Waals surface area (Å²) in [5.41, 5.74) is 4.21. The van der Waals surface area contributed by atoms with Crippen molar-refractivity contribution < 1.29 is 19.2 Å². The summed E-state index contributed by atoms with van der Waals surface area (Å²) in [4.78, 5) is 29.3. The first-order valence-corrected chi connectivity index (χ1v) is 8.93. The second-order valence-corrected chi connectivity index (χ2v) is 6.38. The van der Waals surface area contributed by atoms with Crippen LogP contribution in [-0.2, 0) is 11.9 Å². The number of amides is 1. The van der Waals surface area contributed by atoms with Gasteiger partial charge in [-0.1, -0.05) is 60.6 Å². The maximum absolute atomic E-state index is 13.1. The molecule has 0 atom stereocenters. The molecule has 1 aromatic heterocycles. The van der Waals surface area contributed by atoms with Crippen LogP contribution in [0.1, 0.15) is 27.3 Å². The van der Waals surface area contributed by atoms with E-state index >= 15 is 0 Å². The molecule has 7 nitrogen and oxygen atoms in total. The Morgan fingerprint density at radius 2 is 1.76 bits per heavy atom. The highest BCUT2D eigenvalue weighted by Crippen LogP contribution is 2.32. The third-order valence-corrected chi connectivity index (χ3v) is 4.49. The van der Waals surface area contributed by atoms with Crippen LogP contribution in [-0.4, -0.2) is 28.8 Å². The van der Waals surface area contributed by atoms with Gasteiger partial charge in [-0.2, -0.15) is 10.6 Å². The molecule has 29 heavy (non-hydrogen) atoms. The molecule has 0 saturated carbocycles. The molecule has 0 fully saturated rings. The molecule has 1 N–H and O–H groups in total. The van der Waals surface area contributed by atoms with E-state index in [4.69, 9.17) is 16.3 Å². The standard InChI is InChI=1S/C21H18ClN3O4/c1-13(14-9-5-4-6-10-14)19-17(22)18(23-25(19)2)20(26)15-11-7-8-12-16(15)29-21(27)24-28-3/h4-12H,1H2,2-3H3,(H,24,27). The Morgan fingerprint density at radius 1 is 1.10 bits per heavy atom. The van der Waals surface area contributed by atoms with E-state index in [-0.39, 0.29) is 22.0 Å². The number of ketones is 1. The largest absolute Gasteiger partial charge is 0.436 e. The highest BCUT2D eigenvalue weighted by Gasteiger charge is 2.26. The van der Waals surface area contributed by atoms with Gasteiger partial charge in [-0.3, -0.25) is 14.3 Å².